The van der Waals surface area contributed by atoms with Crippen LogP contribution in [0.4, 0.5) is 14.5 Å². The smallest absolute Gasteiger partial charge is 0.268 e. The van der Waals surface area contributed by atoms with Gasteiger partial charge in [0.2, 0.25) is 11.8 Å². The molecule has 1 aromatic heterocycles. The molecule has 1 saturated heterocycles. The molecule has 1 aliphatic rings. The van der Waals surface area contributed by atoms with Gasteiger partial charge in [0.05, 0.1) is 43.0 Å². The predicted octanol–water partition coefficient (Wildman–Crippen LogP) is 1.75. The average Bonchev–Trinajstić information content (AvgIpc) is 3.07. The molecule has 31 heavy (non-hydrogen) atoms. The van der Waals surface area contributed by atoms with E-state index >= 15 is 0 Å². The summed E-state index contributed by atoms with van der Waals surface area (Å²) in [6.45, 7) is -1.43. The molecule has 3 amide bonds. The van der Waals surface area contributed by atoms with E-state index in [1.165, 1.54) is 18.5 Å². The van der Waals surface area contributed by atoms with Crippen molar-refractivity contribution in [2.24, 2.45) is 0 Å². The van der Waals surface area contributed by atoms with Crippen molar-refractivity contribution < 1.29 is 23.2 Å². The van der Waals surface area contributed by atoms with Crippen LogP contribution in [0.1, 0.15) is 22.3 Å². The normalized spacial score (nSPS) is 16.9. The zero-order chi connectivity index (χ0) is 22.4. The molecule has 1 aromatic carbocycles. The molecule has 0 aliphatic carbocycles. The van der Waals surface area contributed by atoms with Crippen LogP contribution in [0.3, 0.4) is 0 Å². The Morgan fingerprint density at radius 2 is 1.97 bits per heavy atom. The SMILES string of the molecule is N#CC1CC(F)(F)CN1C(=O)CNC(=O)c1ccncc1NC(=O)Cc1ccccc1. The lowest BCUT2D eigenvalue weighted by Gasteiger charge is -2.19. The molecule has 2 N–H and O–H groups in total. The molecule has 0 saturated carbocycles. The molecule has 2 aromatic rings. The number of nitrogens with zero attached hydrogens (tertiary/aromatic N) is 3. The standard InChI is InChI=1S/C21H19F2N5O3/c22-21(23)9-15(10-24)28(13-21)19(30)12-26-20(31)16-6-7-25-11-17(16)27-18(29)8-14-4-2-1-3-5-14/h1-7,11,15H,8-9,12-13H2,(H,26,31)(H,27,29). The molecule has 2 heterocycles. The highest BCUT2D eigenvalue weighted by Crippen LogP contribution is 2.31. The van der Waals surface area contributed by atoms with Crippen LogP contribution in [0.2, 0.25) is 0 Å². The number of benzene rings is 1. The third-order valence-corrected chi connectivity index (χ3v) is 4.69. The van der Waals surface area contributed by atoms with Crippen LogP contribution in [-0.2, 0) is 16.0 Å². The monoisotopic (exact) mass is 427 g/mol. The van der Waals surface area contributed by atoms with E-state index in [1.54, 1.807) is 30.3 Å². The van der Waals surface area contributed by atoms with E-state index in [2.05, 4.69) is 15.6 Å². The van der Waals surface area contributed by atoms with E-state index in [4.69, 9.17) is 5.26 Å². The second-order valence-electron chi connectivity index (χ2n) is 7.04. The number of pyridine rings is 1. The van der Waals surface area contributed by atoms with Gasteiger partial charge in [-0.25, -0.2) is 8.78 Å². The lowest BCUT2D eigenvalue weighted by molar-refractivity contribution is -0.131. The fourth-order valence-electron chi connectivity index (χ4n) is 3.21. The van der Waals surface area contributed by atoms with Gasteiger partial charge in [-0.15, -0.1) is 0 Å². The van der Waals surface area contributed by atoms with Crippen molar-refractivity contribution in [1.29, 1.82) is 5.26 Å². The van der Waals surface area contributed by atoms with Crippen LogP contribution in [0.5, 0.6) is 0 Å². The number of likely N-dealkylation sites (tertiary alicyclic amines) is 1. The van der Waals surface area contributed by atoms with E-state index in [0.717, 1.165) is 10.5 Å². The van der Waals surface area contributed by atoms with Gasteiger partial charge in [0.15, 0.2) is 0 Å². The van der Waals surface area contributed by atoms with Gasteiger partial charge in [0, 0.05) is 12.6 Å². The molecule has 1 fully saturated rings. The van der Waals surface area contributed by atoms with E-state index < -0.39 is 43.3 Å². The summed E-state index contributed by atoms with van der Waals surface area (Å²) in [5.74, 6) is -4.98. The van der Waals surface area contributed by atoms with Gasteiger partial charge in [-0.05, 0) is 11.6 Å². The summed E-state index contributed by atoms with van der Waals surface area (Å²) in [5.41, 5.74) is 0.999. The van der Waals surface area contributed by atoms with Crippen molar-refractivity contribution >= 4 is 23.4 Å². The molecule has 3 rings (SSSR count). The number of halogens is 2. The van der Waals surface area contributed by atoms with E-state index in [9.17, 15) is 23.2 Å². The largest absolute Gasteiger partial charge is 0.343 e. The Kier molecular flexibility index (Phi) is 6.55. The van der Waals surface area contributed by atoms with Crippen LogP contribution in [-0.4, -0.2) is 52.7 Å². The van der Waals surface area contributed by atoms with Crippen molar-refractivity contribution in [2.75, 3.05) is 18.4 Å². The van der Waals surface area contributed by atoms with Gasteiger partial charge in [0.25, 0.3) is 11.8 Å². The summed E-state index contributed by atoms with van der Waals surface area (Å²) in [5, 5.41) is 13.9. The highest BCUT2D eigenvalue weighted by atomic mass is 19.3. The average molecular weight is 427 g/mol. The number of alkyl halides is 2. The highest BCUT2D eigenvalue weighted by Gasteiger charge is 2.47. The Bertz CT molecular complexity index is 1020. The van der Waals surface area contributed by atoms with E-state index in [1.807, 2.05) is 6.07 Å². The third-order valence-electron chi connectivity index (χ3n) is 4.69. The molecule has 0 spiro atoms. The Hall–Kier alpha value is -3.87. The second kappa shape index (κ2) is 9.30. The van der Waals surface area contributed by atoms with Gasteiger partial charge < -0.3 is 15.5 Å². The van der Waals surface area contributed by atoms with Crippen molar-refractivity contribution in [3.05, 3.63) is 59.9 Å². The van der Waals surface area contributed by atoms with Gasteiger partial charge in [-0.3, -0.25) is 19.4 Å². The zero-order valence-electron chi connectivity index (χ0n) is 16.3. The number of rotatable bonds is 6. The summed E-state index contributed by atoms with van der Waals surface area (Å²) >= 11 is 0. The summed E-state index contributed by atoms with van der Waals surface area (Å²) < 4.78 is 27.0. The fourth-order valence-corrected chi connectivity index (χ4v) is 3.21. The zero-order valence-corrected chi connectivity index (χ0v) is 16.3. The number of anilines is 1. The van der Waals surface area contributed by atoms with Gasteiger partial charge in [-0.2, -0.15) is 5.26 Å². The van der Waals surface area contributed by atoms with Crippen LogP contribution in [0.25, 0.3) is 0 Å². The molecule has 160 valence electrons. The molecular weight excluding hydrogens is 408 g/mol. The first-order chi connectivity index (χ1) is 14.8. The number of aromatic nitrogens is 1. The van der Waals surface area contributed by atoms with Gasteiger partial charge >= 0.3 is 0 Å². The Balaban J connectivity index is 1.61. The highest BCUT2D eigenvalue weighted by molar-refractivity contribution is 6.04. The molecule has 1 unspecified atom stereocenters. The number of carbonyl (C=O) groups is 3. The number of carbonyl (C=O) groups excluding carboxylic acids is 3. The van der Waals surface area contributed by atoms with Crippen LogP contribution in [0.15, 0.2) is 48.8 Å². The summed E-state index contributed by atoms with van der Waals surface area (Å²) in [6, 6.07) is 10.8. The molecular formula is C21H19F2N5O3. The van der Waals surface area contributed by atoms with Crippen LogP contribution >= 0.6 is 0 Å². The molecule has 8 nitrogen and oxygen atoms in total. The maximum absolute atomic E-state index is 13.5. The number of nitriles is 1. The number of hydrogen-bond donors (Lipinski definition) is 2. The fraction of sp³-hybridized carbons (Fsp3) is 0.286. The first-order valence-corrected chi connectivity index (χ1v) is 9.42. The minimum Gasteiger partial charge on any atom is -0.343 e. The Morgan fingerprint density at radius 3 is 2.68 bits per heavy atom. The number of hydrogen-bond acceptors (Lipinski definition) is 5. The first kappa shape index (κ1) is 21.8. The Labute approximate surface area is 176 Å². The van der Waals surface area contributed by atoms with Gasteiger partial charge in [-0.1, -0.05) is 30.3 Å². The Morgan fingerprint density at radius 1 is 1.23 bits per heavy atom. The third kappa shape index (κ3) is 5.60. The number of amides is 3. The minimum atomic E-state index is -3.14. The lowest BCUT2D eigenvalue weighted by Crippen LogP contribution is -2.43. The molecule has 1 aliphatic heterocycles. The van der Waals surface area contributed by atoms with E-state index in [-0.39, 0.29) is 23.6 Å². The maximum Gasteiger partial charge on any atom is 0.268 e. The molecule has 0 radical (unpaired) electrons. The minimum absolute atomic E-state index is 0.0628. The number of nitrogens with one attached hydrogen (secondary N) is 2. The quantitative estimate of drug-likeness (QED) is 0.729. The predicted molar refractivity (Wildman–Crippen MR) is 106 cm³/mol. The van der Waals surface area contributed by atoms with Crippen LogP contribution in [0, 0.1) is 11.3 Å². The summed E-state index contributed by atoms with van der Waals surface area (Å²) in [4.78, 5) is 41.7. The van der Waals surface area contributed by atoms with E-state index in [0.29, 0.717) is 0 Å². The van der Waals surface area contributed by atoms with Gasteiger partial charge in [0.1, 0.15) is 6.04 Å². The topological polar surface area (TPSA) is 115 Å². The molecule has 10 heteroatoms. The van der Waals surface area contributed by atoms with Crippen molar-refractivity contribution in [2.45, 2.75) is 24.8 Å². The molecule has 0 bridgehead atoms. The van der Waals surface area contributed by atoms with Crippen LogP contribution < -0.4 is 10.6 Å². The lowest BCUT2D eigenvalue weighted by atomic mass is 10.1. The van der Waals surface area contributed by atoms with Crippen molar-refractivity contribution in [3.63, 3.8) is 0 Å². The molecule has 1 atom stereocenters. The van der Waals surface area contributed by atoms with Crippen molar-refractivity contribution in [1.82, 2.24) is 15.2 Å². The maximum atomic E-state index is 13.5. The summed E-state index contributed by atoms with van der Waals surface area (Å²) in [6.07, 6.45) is 2.00. The van der Waals surface area contributed by atoms with Crippen molar-refractivity contribution in [3.8, 4) is 6.07 Å². The first-order valence-electron chi connectivity index (χ1n) is 9.42. The second-order valence-corrected chi connectivity index (χ2v) is 7.04. The summed E-state index contributed by atoms with van der Waals surface area (Å²) in [7, 11) is 0.